The molecule has 90 valence electrons. The highest BCUT2D eigenvalue weighted by Crippen LogP contribution is 2.20. The Labute approximate surface area is 102 Å². The quantitative estimate of drug-likeness (QED) is 0.863. The van der Waals surface area contributed by atoms with Crippen LogP contribution >= 0.6 is 11.6 Å². The molecule has 0 amide bonds. The molecule has 0 bridgehead atoms. The molecule has 1 rings (SSSR count). The largest absolute Gasteiger partial charge is 0.379 e. The van der Waals surface area contributed by atoms with Crippen LogP contribution in [0.25, 0.3) is 0 Å². The summed E-state index contributed by atoms with van der Waals surface area (Å²) in [7, 11) is 1.70. The summed E-state index contributed by atoms with van der Waals surface area (Å²) in [6, 6.07) is 1.94. The molecule has 3 nitrogen and oxygen atoms in total. The maximum atomic E-state index is 6.08. The number of methoxy groups -OCH3 is 1. The van der Waals surface area contributed by atoms with E-state index in [2.05, 4.69) is 4.98 Å². The lowest BCUT2D eigenvalue weighted by Gasteiger charge is -2.26. The van der Waals surface area contributed by atoms with Gasteiger partial charge in [-0.25, -0.2) is 0 Å². The van der Waals surface area contributed by atoms with Crippen LogP contribution in [0, 0.1) is 0 Å². The van der Waals surface area contributed by atoms with Crippen LogP contribution in [0.1, 0.15) is 25.8 Å². The summed E-state index contributed by atoms with van der Waals surface area (Å²) in [5.41, 5.74) is 6.92. The second-order valence-corrected chi connectivity index (χ2v) is 5.01. The number of aromatic nitrogens is 1. The molecule has 0 fully saturated rings. The zero-order chi connectivity index (χ0) is 12.2. The highest BCUT2D eigenvalue weighted by atomic mass is 35.5. The van der Waals surface area contributed by atoms with Gasteiger partial charge >= 0.3 is 0 Å². The molecule has 1 heterocycles. The van der Waals surface area contributed by atoms with Gasteiger partial charge in [-0.1, -0.05) is 11.6 Å². The number of hydrogen-bond acceptors (Lipinski definition) is 3. The van der Waals surface area contributed by atoms with Gasteiger partial charge in [0.25, 0.3) is 0 Å². The third-order valence-corrected chi connectivity index (χ3v) is 2.99. The Balaban J connectivity index is 2.58. The van der Waals surface area contributed by atoms with Gasteiger partial charge < -0.3 is 10.5 Å². The summed E-state index contributed by atoms with van der Waals surface area (Å²) < 4.78 is 5.35. The summed E-state index contributed by atoms with van der Waals surface area (Å²) in [5, 5.41) is 0.674. The van der Waals surface area contributed by atoms with E-state index in [1.54, 1.807) is 19.5 Å². The summed E-state index contributed by atoms with van der Waals surface area (Å²) in [5.74, 6) is 0. The van der Waals surface area contributed by atoms with Gasteiger partial charge in [-0.3, -0.25) is 4.98 Å². The van der Waals surface area contributed by atoms with Crippen molar-refractivity contribution in [2.45, 2.75) is 38.3 Å². The van der Waals surface area contributed by atoms with Crippen molar-refractivity contribution in [1.82, 2.24) is 4.98 Å². The summed E-state index contributed by atoms with van der Waals surface area (Å²) >= 11 is 6.02. The Morgan fingerprint density at radius 1 is 1.56 bits per heavy atom. The van der Waals surface area contributed by atoms with Crippen molar-refractivity contribution in [1.29, 1.82) is 0 Å². The van der Waals surface area contributed by atoms with E-state index in [0.717, 1.165) is 18.4 Å². The predicted octanol–water partition coefficient (Wildman–Crippen LogP) is 2.42. The van der Waals surface area contributed by atoms with Gasteiger partial charge in [-0.2, -0.15) is 0 Å². The number of ether oxygens (including phenoxy) is 1. The van der Waals surface area contributed by atoms with Gasteiger partial charge in [0.15, 0.2) is 0 Å². The molecule has 0 spiro atoms. The lowest BCUT2D eigenvalue weighted by atomic mass is 9.95. The number of nitrogens with zero attached hydrogens (tertiary/aromatic N) is 1. The number of halogens is 1. The van der Waals surface area contributed by atoms with Crippen LogP contribution in [-0.2, 0) is 11.2 Å². The Hall–Kier alpha value is -0.640. The van der Waals surface area contributed by atoms with Gasteiger partial charge in [0.05, 0.1) is 10.6 Å². The predicted molar refractivity (Wildman–Crippen MR) is 66.6 cm³/mol. The van der Waals surface area contributed by atoms with Crippen molar-refractivity contribution < 1.29 is 4.74 Å². The molecular formula is C12H19ClN2O. The molecule has 0 aromatic carbocycles. The van der Waals surface area contributed by atoms with E-state index in [-0.39, 0.29) is 11.6 Å². The van der Waals surface area contributed by atoms with E-state index < -0.39 is 0 Å². The minimum atomic E-state index is -0.196. The van der Waals surface area contributed by atoms with Crippen molar-refractivity contribution in [2.24, 2.45) is 5.73 Å². The van der Waals surface area contributed by atoms with Crippen LogP contribution in [0.5, 0.6) is 0 Å². The van der Waals surface area contributed by atoms with E-state index in [1.165, 1.54) is 0 Å². The molecule has 0 aliphatic rings. The van der Waals surface area contributed by atoms with Crippen LogP contribution in [-0.4, -0.2) is 23.7 Å². The first-order valence-corrected chi connectivity index (χ1v) is 5.71. The SMILES string of the molecule is COC(C)(C)CC(N)Cc1ccncc1Cl. The second kappa shape index (κ2) is 5.62. The molecule has 0 saturated carbocycles. The minimum Gasteiger partial charge on any atom is -0.379 e. The fourth-order valence-corrected chi connectivity index (χ4v) is 1.84. The molecule has 1 unspecified atom stereocenters. The van der Waals surface area contributed by atoms with E-state index >= 15 is 0 Å². The number of pyridine rings is 1. The van der Waals surface area contributed by atoms with Crippen LogP contribution in [0.15, 0.2) is 18.5 Å². The molecule has 2 N–H and O–H groups in total. The van der Waals surface area contributed by atoms with Crippen molar-refractivity contribution in [3.63, 3.8) is 0 Å². The van der Waals surface area contributed by atoms with Crippen LogP contribution < -0.4 is 5.73 Å². The Morgan fingerprint density at radius 3 is 2.81 bits per heavy atom. The molecule has 1 aromatic rings. The van der Waals surface area contributed by atoms with Gasteiger partial charge in [0.2, 0.25) is 0 Å². The average molecular weight is 243 g/mol. The molecule has 0 radical (unpaired) electrons. The van der Waals surface area contributed by atoms with E-state index in [0.29, 0.717) is 5.02 Å². The summed E-state index contributed by atoms with van der Waals surface area (Å²) in [4.78, 5) is 3.95. The fraction of sp³-hybridized carbons (Fsp3) is 0.583. The van der Waals surface area contributed by atoms with Crippen LogP contribution in [0.4, 0.5) is 0 Å². The maximum absolute atomic E-state index is 6.08. The third-order valence-electron chi connectivity index (χ3n) is 2.64. The smallest absolute Gasteiger partial charge is 0.0637 e. The molecule has 0 aliphatic carbocycles. The van der Waals surface area contributed by atoms with Gasteiger partial charge in [0, 0.05) is 25.5 Å². The normalized spacial score (nSPS) is 13.8. The third kappa shape index (κ3) is 4.08. The molecule has 16 heavy (non-hydrogen) atoms. The molecule has 1 atom stereocenters. The zero-order valence-corrected chi connectivity index (χ0v) is 10.8. The first kappa shape index (κ1) is 13.4. The average Bonchev–Trinajstić information content (AvgIpc) is 2.21. The molecule has 0 saturated heterocycles. The van der Waals surface area contributed by atoms with Crippen molar-refractivity contribution in [3.05, 3.63) is 29.0 Å². The summed E-state index contributed by atoms with van der Waals surface area (Å²) in [6.07, 6.45) is 4.91. The highest BCUT2D eigenvalue weighted by molar-refractivity contribution is 6.31. The van der Waals surface area contributed by atoms with E-state index in [1.807, 2.05) is 19.9 Å². The van der Waals surface area contributed by atoms with Gasteiger partial charge in [-0.15, -0.1) is 0 Å². The first-order valence-electron chi connectivity index (χ1n) is 5.34. The van der Waals surface area contributed by atoms with Gasteiger partial charge in [-0.05, 0) is 38.3 Å². The van der Waals surface area contributed by atoms with E-state index in [9.17, 15) is 0 Å². The minimum absolute atomic E-state index is 0.0369. The highest BCUT2D eigenvalue weighted by Gasteiger charge is 2.21. The standard InChI is InChI=1S/C12H19ClN2O/c1-12(2,16-3)7-10(14)6-9-4-5-15-8-11(9)13/h4-5,8,10H,6-7,14H2,1-3H3. The second-order valence-electron chi connectivity index (χ2n) is 4.60. The number of nitrogens with two attached hydrogens (primary N) is 1. The Morgan fingerprint density at radius 2 is 2.25 bits per heavy atom. The van der Waals surface area contributed by atoms with Gasteiger partial charge in [0.1, 0.15) is 0 Å². The van der Waals surface area contributed by atoms with Crippen LogP contribution in [0.2, 0.25) is 5.02 Å². The monoisotopic (exact) mass is 242 g/mol. The fourth-order valence-electron chi connectivity index (χ4n) is 1.64. The molecule has 1 aromatic heterocycles. The van der Waals surface area contributed by atoms with Crippen LogP contribution in [0.3, 0.4) is 0 Å². The lowest BCUT2D eigenvalue weighted by Crippen LogP contribution is -2.35. The number of rotatable bonds is 5. The summed E-state index contributed by atoms with van der Waals surface area (Å²) in [6.45, 7) is 4.06. The topological polar surface area (TPSA) is 48.1 Å². The van der Waals surface area contributed by atoms with E-state index in [4.69, 9.17) is 22.1 Å². The maximum Gasteiger partial charge on any atom is 0.0637 e. The molecule has 0 aliphatic heterocycles. The first-order chi connectivity index (χ1) is 7.44. The molecule has 4 heteroatoms. The number of hydrogen-bond donors (Lipinski definition) is 1. The Bertz CT molecular complexity index is 342. The Kier molecular flexibility index (Phi) is 4.71. The van der Waals surface area contributed by atoms with Crippen molar-refractivity contribution in [2.75, 3.05) is 7.11 Å². The lowest BCUT2D eigenvalue weighted by molar-refractivity contribution is 0.0102. The van der Waals surface area contributed by atoms with Crippen molar-refractivity contribution in [3.8, 4) is 0 Å². The van der Waals surface area contributed by atoms with Crippen molar-refractivity contribution >= 4 is 11.6 Å². The molecular weight excluding hydrogens is 224 g/mol. The zero-order valence-electron chi connectivity index (χ0n) is 10.0.